The van der Waals surface area contributed by atoms with Gasteiger partial charge in [-0.2, -0.15) is 0 Å². The van der Waals surface area contributed by atoms with Gasteiger partial charge in [-0.05, 0) is 65.0 Å². The van der Waals surface area contributed by atoms with E-state index < -0.39 is 12.0 Å². The summed E-state index contributed by atoms with van der Waals surface area (Å²) in [4.78, 5) is 3.51. The van der Waals surface area contributed by atoms with E-state index in [1.165, 1.54) is 31.6 Å². The number of ether oxygens (including phenoxy) is 1. The second-order valence-electron chi connectivity index (χ2n) is 6.76. The van der Waals surface area contributed by atoms with Gasteiger partial charge in [-0.3, -0.25) is 4.98 Å². The fraction of sp³-hybridized carbons (Fsp3) is 0.286. The molecule has 1 N–H and O–H groups in total. The number of aromatic nitrogens is 3. The zero-order valence-electron chi connectivity index (χ0n) is 16.2. The number of halogens is 4. The van der Waals surface area contributed by atoms with Crippen molar-refractivity contribution in [3.63, 3.8) is 0 Å². The first kappa shape index (κ1) is 22.0. The normalized spacial score (nSPS) is 17.4. The highest BCUT2D eigenvalue weighted by molar-refractivity contribution is 9.10. The zero-order chi connectivity index (χ0) is 21.5. The lowest BCUT2D eigenvalue weighted by atomic mass is 9.83. The Bertz CT molecular complexity index is 954. The van der Waals surface area contributed by atoms with Gasteiger partial charge in [0.15, 0.2) is 0 Å². The van der Waals surface area contributed by atoms with E-state index in [1.807, 2.05) is 0 Å². The van der Waals surface area contributed by atoms with Crippen LogP contribution in [0.15, 0.2) is 53.3 Å². The van der Waals surface area contributed by atoms with Gasteiger partial charge in [0.25, 0.3) is 0 Å². The summed E-state index contributed by atoms with van der Waals surface area (Å²) in [7, 11) is 1.48. The molecule has 0 bridgehead atoms. The minimum Gasteiger partial charge on any atom is -0.495 e. The molecule has 0 unspecified atom stereocenters. The summed E-state index contributed by atoms with van der Waals surface area (Å²) < 4.78 is 44.4. The van der Waals surface area contributed by atoms with Crippen LogP contribution in [0.1, 0.15) is 12.8 Å². The summed E-state index contributed by atoms with van der Waals surface area (Å²) in [5.41, 5.74) is 0.778. The molecule has 0 atom stereocenters. The Balaban J connectivity index is 0.000000310. The molecule has 158 valence electrons. The Morgan fingerprint density at radius 1 is 1.17 bits per heavy atom. The molecular formula is C21H20BrF3N4O. The number of hydrogen-bond donors (Lipinski definition) is 1. The minimum absolute atomic E-state index is 0.289. The lowest BCUT2D eigenvalue weighted by molar-refractivity contribution is 0.140. The van der Waals surface area contributed by atoms with E-state index in [2.05, 4.69) is 36.4 Å². The van der Waals surface area contributed by atoms with Crippen LogP contribution < -0.4 is 10.1 Å². The third-order valence-corrected chi connectivity index (χ3v) is 5.18. The summed E-state index contributed by atoms with van der Waals surface area (Å²) in [5.74, 6) is 0.653. The van der Waals surface area contributed by atoms with E-state index in [0.29, 0.717) is 52.6 Å². The molecule has 1 aliphatic rings. The number of anilines is 1. The molecule has 1 aromatic carbocycles. The van der Waals surface area contributed by atoms with Gasteiger partial charge in [0.05, 0.1) is 23.5 Å². The van der Waals surface area contributed by atoms with Crippen molar-refractivity contribution in [2.24, 2.45) is 5.92 Å². The molecule has 0 radical (unpaired) electrons. The molecule has 30 heavy (non-hydrogen) atoms. The molecule has 5 nitrogen and oxygen atoms in total. The number of alkyl halides is 1. The molecule has 0 aliphatic heterocycles. The van der Waals surface area contributed by atoms with E-state index in [1.54, 1.807) is 24.3 Å². The van der Waals surface area contributed by atoms with Crippen LogP contribution in [0.25, 0.3) is 11.3 Å². The van der Waals surface area contributed by atoms with E-state index in [4.69, 9.17) is 4.74 Å². The number of benzene rings is 1. The zero-order valence-corrected chi connectivity index (χ0v) is 17.7. The standard InChI is InChI=1S/C16H16BrF2N3O.C5H4FN/c1-23-15-7-13(19)11(6-12(15)17)14-2-3-16(22-21-14)20-8-9-4-10(18)5-9;6-5-2-1-3-7-4-5/h2-3,6-7,9-10H,4-5,8H2,1H3,(H,20,22);1-4H. The molecule has 9 heteroatoms. The number of pyridine rings is 1. The first-order chi connectivity index (χ1) is 14.5. The highest BCUT2D eigenvalue weighted by Crippen LogP contribution is 2.33. The maximum atomic E-state index is 14.1. The second-order valence-corrected chi connectivity index (χ2v) is 7.61. The van der Waals surface area contributed by atoms with Crippen molar-refractivity contribution in [3.8, 4) is 17.0 Å². The van der Waals surface area contributed by atoms with Crippen LogP contribution in [0.5, 0.6) is 5.75 Å². The molecule has 1 saturated carbocycles. The average Bonchev–Trinajstić information content (AvgIpc) is 2.73. The Kier molecular flexibility index (Phi) is 7.62. The largest absolute Gasteiger partial charge is 0.495 e. The molecular weight excluding hydrogens is 461 g/mol. The third-order valence-electron chi connectivity index (χ3n) is 4.56. The minimum atomic E-state index is -0.660. The van der Waals surface area contributed by atoms with Crippen LogP contribution in [0.4, 0.5) is 19.0 Å². The van der Waals surface area contributed by atoms with Crippen LogP contribution in [-0.4, -0.2) is 35.0 Å². The van der Waals surface area contributed by atoms with Gasteiger partial charge in [0, 0.05) is 24.4 Å². The van der Waals surface area contributed by atoms with E-state index in [9.17, 15) is 13.2 Å². The first-order valence-corrected chi connectivity index (χ1v) is 10.1. The molecule has 2 aromatic heterocycles. The van der Waals surface area contributed by atoms with Crippen LogP contribution in [0, 0.1) is 17.6 Å². The third kappa shape index (κ3) is 5.91. The summed E-state index contributed by atoms with van der Waals surface area (Å²) in [6, 6.07) is 9.26. The Labute approximate surface area is 180 Å². The van der Waals surface area contributed by atoms with Gasteiger partial charge >= 0.3 is 0 Å². The summed E-state index contributed by atoms with van der Waals surface area (Å²) in [6.07, 6.45) is 3.24. The maximum absolute atomic E-state index is 14.1. The summed E-state index contributed by atoms with van der Waals surface area (Å²) in [6.45, 7) is 0.677. The van der Waals surface area contributed by atoms with Gasteiger partial charge < -0.3 is 10.1 Å². The highest BCUT2D eigenvalue weighted by atomic mass is 79.9. The van der Waals surface area contributed by atoms with Crippen molar-refractivity contribution in [1.82, 2.24) is 15.2 Å². The smallest absolute Gasteiger partial charge is 0.148 e. The highest BCUT2D eigenvalue weighted by Gasteiger charge is 2.28. The molecule has 3 aromatic rings. The van der Waals surface area contributed by atoms with Gasteiger partial charge in [-0.15, -0.1) is 10.2 Å². The quantitative estimate of drug-likeness (QED) is 0.527. The number of hydrogen-bond acceptors (Lipinski definition) is 5. The first-order valence-electron chi connectivity index (χ1n) is 9.27. The number of nitrogens with one attached hydrogen (secondary N) is 1. The fourth-order valence-electron chi connectivity index (χ4n) is 2.86. The van der Waals surface area contributed by atoms with Crippen molar-refractivity contribution < 1.29 is 17.9 Å². The van der Waals surface area contributed by atoms with Crippen molar-refractivity contribution in [3.05, 3.63) is 64.9 Å². The Morgan fingerprint density at radius 2 is 1.97 bits per heavy atom. The van der Waals surface area contributed by atoms with E-state index in [-0.39, 0.29) is 5.82 Å². The molecule has 0 amide bonds. The van der Waals surface area contributed by atoms with Gasteiger partial charge in [-0.25, -0.2) is 13.2 Å². The Morgan fingerprint density at radius 3 is 2.50 bits per heavy atom. The predicted octanol–water partition coefficient (Wildman–Crippen LogP) is 5.43. The van der Waals surface area contributed by atoms with Crippen molar-refractivity contribution in [2.45, 2.75) is 19.0 Å². The van der Waals surface area contributed by atoms with Crippen molar-refractivity contribution in [1.29, 1.82) is 0 Å². The SMILES string of the molecule is COc1cc(F)c(-c2ccc(NCC3CC(F)C3)nn2)cc1Br.Fc1cccnc1. The molecule has 4 rings (SSSR count). The van der Waals surface area contributed by atoms with Crippen LogP contribution in [-0.2, 0) is 0 Å². The lowest BCUT2D eigenvalue weighted by Crippen LogP contribution is -2.30. The monoisotopic (exact) mass is 480 g/mol. The maximum Gasteiger partial charge on any atom is 0.148 e. The van der Waals surface area contributed by atoms with Crippen LogP contribution in [0.2, 0.25) is 0 Å². The van der Waals surface area contributed by atoms with Crippen LogP contribution in [0.3, 0.4) is 0 Å². The topological polar surface area (TPSA) is 59.9 Å². The average molecular weight is 481 g/mol. The molecule has 0 saturated heterocycles. The van der Waals surface area contributed by atoms with Gasteiger partial charge in [0.2, 0.25) is 0 Å². The fourth-order valence-corrected chi connectivity index (χ4v) is 3.37. The molecule has 0 spiro atoms. The van der Waals surface area contributed by atoms with Crippen molar-refractivity contribution in [2.75, 3.05) is 19.0 Å². The van der Waals surface area contributed by atoms with Gasteiger partial charge in [-0.1, -0.05) is 0 Å². The van der Waals surface area contributed by atoms with Gasteiger partial charge in [0.1, 0.15) is 29.4 Å². The second kappa shape index (κ2) is 10.4. The predicted molar refractivity (Wildman–Crippen MR) is 112 cm³/mol. The molecule has 1 fully saturated rings. The molecule has 1 aliphatic carbocycles. The Hall–Kier alpha value is -2.68. The van der Waals surface area contributed by atoms with Crippen molar-refractivity contribution >= 4 is 21.7 Å². The lowest BCUT2D eigenvalue weighted by Gasteiger charge is -2.29. The number of rotatable bonds is 5. The number of nitrogens with zero attached hydrogens (tertiary/aromatic N) is 3. The molecule has 2 heterocycles. The van der Waals surface area contributed by atoms with E-state index in [0.717, 1.165) is 0 Å². The number of methoxy groups -OCH3 is 1. The summed E-state index contributed by atoms with van der Waals surface area (Å²) >= 11 is 3.33. The van der Waals surface area contributed by atoms with Crippen LogP contribution >= 0.6 is 15.9 Å². The van der Waals surface area contributed by atoms with E-state index >= 15 is 0 Å². The summed E-state index contributed by atoms with van der Waals surface area (Å²) in [5, 5.41) is 11.2.